The predicted octanol–water partition coefficient (Wildman–Crippen LogP) is 1.72. The highest BCUT2D eigenvalue weighted by Gasteiger charge is 2.26. The fourth-order valence-corrected chi connectivity index (χ4v) is 3.44. The first-order valence-electron chi connectivity index (χ1n) is 7.99. The SMILES string of the molecule is CN1CCN(C2CCN(c3ccc(C=O)cc3)CC2)CC1. The number of carbonyl (C=O) groups is 1. The lowest BCUT2D eigenvalue weighted by Crippen LogP contribution is -2.52. The summed E-state index contributed by atoms with van der Waals surface area (Å²) in [6.07, 6.45) is 3.40. The van der Waals surface area contributed by atoms with E-state index in [0.29, 0.717) is 0 Å². The van der Waals surface area contributed by atoms with Gasteiger partial charge in [0.25, 0.3) is 0 Å². The molecule has 0 N–H and O–H groups in total. The van der Waals surface area contributed by atoms with Crippen LogP contribution < -0.4 is 4.90 Å². The summed E-state index contributed by atoms with van der Waals surface area (Å²) in [7, 11) is 2.21. The standard InChI is InChI=1S/C17H25N3O/c1-18-10-12-20(13-11-18)17-6-8-19(9-7-17)16-4-2-15(14-21)3-5-16/h2-5,14,17H,6-13H2,1H3. The minimum atomic E-state index is 0.754. The van der Waals surface area contributed by atoms with E-state index in [9.17, 15) is 4.79 Å². The highest BCUT2D eigenvalue weighted by Crippen LogP contribution is 2.23. The van der Waals surface area contributed by atoms with Gasteiger partial charge in [0.05, 0.1) is 0 Å². The molecule has 0 spiro atoms. The molecular weight excluding hydrogens is 262 g/mol. The van der Waals surface area contributed by atoms with Gasteiger partial charge in [-0.2, -0.15) is 0 Å². The normalized spacial score (nSPS) is 22.4. The van der Waals surface area contributed by atoms with Crippen LogP contribution in [0.4, 0.5) is 5.69 Å². The molecule has 114 valence electrons. The summed E-state index contributed by atoms with van der Waals surface area (Å²) in [5.74, 6) is 0. The number of piperazine rings is 1. The molecule has 2 fully saturated rings. The number of hydrogen-bond donors (Lipinski definition) is 0. The zero-order chi connectivity index (χ0) is 14.7. The highest BCUT2D eigenvalue weighted by molar-refractivity contribution is 5.75. The average Bonchev–Trinajstić information content (AvgIpc) is 2.56. The van der Waals surface area contributed by atoms with E-state index in [-0.39, 0.29) is 0 Å². The quantitative estimate of drug-likeness (QED) is 0.791. The van der Waals surface area contributed by atoms with Gasteiger partial charge in [0.2, 0.25) is 0 Å². The maximum atomic E-state index is 10.7. The number of hydrogen-bond acceptors (Lipinski definition) is 4. The van der Waals surface area contributed by atoms with E-state index in [0.717, 1.165) is 31.0 Å². The molecule has 0 aliphatic carbocycles. The van der Waals surface area contributed by atoms with Crippen LogP contribution in [0.5, 0.6) is 0 Å². The van der Waals surface area contributed by atoms with Crippen molar-refractivity contribution >= 4 is 12.0 Å². The molecule has 2 saturated heterocycles. The largest absolute Gasteiger partial charge is 0.371 e. The molecule has 1 aromatic carbocycles. The number of piperidine rings is 1. The molecule has 0 radical (unpaired) electrons. The Labute approximate surface area is 127 Å². The van der Waals surface area contributed by atoms with E-state index >= 15 is 0 Å². The number of nitrogens with zero attached hydrogens (tertiary/aromatic N) is 3. The molecule has 2 heterocycles. The minimum Gasteiger partial charge on any atom is -0.371 e. The maximum absolute atomic E-state index is 10.7. The molecule has 0 amide bonds. The lowest BCUT2D eigenvalue weighted by atomic mass is 10.0. The Morgan fingerprint density at radius 2 is 1.57 bits per heavy atom. The Morgan fingerprint density at radius 3 is 2.14 bits per heavy atom. The fraction of sp³-hybridized carbons (Fsp3) is 0.588. The summed E-state index contributed by atoms with van der Waals surface area (Å²) in [5.41, 5.74) is 2.00. The van der Waals surface area contributed by atoms with Crippen LogP contribution in [0, 0.1) is 0 Å². The first-order valence-corrected chi connectivity index (χ1v) is 7.99. The number of anilines is 1. The summed E-state index contributed by atoms with van der Waals surface area (Å²) in [6, 6.07) is 8.72. The summed E-state index contributed by atoms with van der Waals surface area (Å²) in [5, 5.41) is 0. The van der Waals surface area contributed by atoms with Gasteiger partial charge in [-0.1, -0.05) is 0 Å². The van der Waals surface area contributed by atoms with Crippen LogP contribution in [0.1, 0.15) is 23.2 Å². The molecular formula is C17H25N3O. The predicted molar refractivity (Wildman–Crippen MR) is 86.1 cm³/mol. The zero-order valence-electron chi connectivity index (χ0n) is 12.9. The van der Waals surface area contributed by atoms with E-state index in [2.05, 4.69) is 33.9 Å². The Morgan fingerprint density at radius 1 is 0.952 bits per heavy atom. The van der Waals surface area contributed by atoms with Gasteiger partial charge in [0, 0.05) is 56.6 Å². The maximum Gasteiger partial charge on any atom is 0.150 e. The third kappa shape index (κ3) is 3.44. The first-order chi connectivity index (χ1) is 10.3. The fourth-order valence-electron chi connectivity index (χ4n) is 3.44. The van der Waals surface area contributed by atoms with E-state index in [4.69, 9.17) is 0 Å². The highest BCUT2D eigenvalue weighted by atomic mass is 16.1. The minimum absolute atomic E-state index is 0.754. The third-order valence-electron chi connectivity index (χ3n) is 4.91. The smallest absolute Gasteiger partial charge is 0.150 e. The summed E-state index contributed by atoms with van der Waals surface area (Å²) in [6.45, 7) is 7.08. The number of benzene rings is 1. The van der Waals surface area contributed by atoms with Gasteiger partial charge in [-0.15, -0.1) is 0 Å². The molecule has 1 aromatic rings. The molecule has 0 bridgehead atoms. The Hall–Kier alpha value is -1.39. The van der Waals surface area contributed by atoms with Crippen molar-refractivity contribution in [1.82, 2.24) is 9.80 Å². The van der Waals surface area contributed by atoms with Crippen molar-refractivity contribution in [3.63, 3.8) is 0 Å². The van der Waals surface area contributed by atoms with Gasteiger partial charge in [-0.05, 0) is 44.2 Å². The molecule has 2 aliphatic rings. The van der Waals surface area contributed by atoms with Gasteiger partial charge >= 0.3 is 0 Å². The lowest BCUT2D eigenvalue weighted by molar-refractivity contribution is 0.0982. The van der Waals surface area contributed by atoms with Crippen molar-refractivity contribution in [2.75, 3.05) is 51.2 Å². The van der Waals surface area contributed by atoms with Gasteiger partial charge in [-0.3, -0.25) is 9.69 Å². The van der Waals surface area contributed by atoms with Crippen LogP contribution in [0.3, 0.4) is 0 Å². The second-order valence-electron chi connectivity index (χ2n) is 6.27. The average molecular weight is 287 g/mol. The summed E-state index contributed by atoms with van der Waals surface area (Å²) >= 11 is 0. The second-order valence-corrected chi connectivity index (χ2v) is 6.27. The van der Waals surface area contributed by atoms with Gasteiger partial charge in [-0.25, -0.2) is 0 Å². The van der Waals surface area contributed by atoms with E-state index in [1.165, 1.54) is 44.7 Å². The lowest BCUT2D eigenvalue weighted by Gasteiger charge is -2.42. The molecule has 2 aliphatic heterocycles. The first kappa shape index (κ1) is 14.5. The van der Waals surface area contributed by atoms with Crippen molar-refractivity contribution in [2.45, 2.75) is 18.9 Å². The molecule has 0 atom stereocenters. The number of rotatable bonds is 3. The molecule has 0 saturated carbocycles. The monoisotopic (exact) mass is 287 g/mol. The van der Waals surface area contributed by atoms with Crippen molar-refractivity contribution in [2.24, 2.45) is 0 Å². The molecule has 0 aromatic heterocycles. The van der Waals surface area contributed by atoms with Crippen molar-refractivity contribution in [1.29, 1.82) is 0 Å². The van der Waals surface area contributed by atoms with Crippen molar-refractivity contribution < 1.29 is 4.79 Å². The van der Waals surface area contributed by atoms with Crippen LogP contribution >= 0.6 is 0 Å². The summed E-state index contributed by atoms with van der Waals surface area (Å²) in [4.78, 5) is 18.2. The van der Waals surface area contributed by atoms with Crippen molar-refractivity contribution in [3.8, 4) is 0 Å². The van der Waals surface area contributed by atoms with Crippen LogP contribution in [0.2, 0.25) is 0 Å². The zero-order valence-corrected chi connectivity index (χ0v) is 12.9. The Balaban J connectivity index is 1.53. The van der Waals surface area contributed by atoms with Crippen molar-refractivity contribution in [3.05, 3.63) is 29.8 Å². The van der Waals surface area contributed by atoms with Crippen LogP contribution in [-0.4, -0.2) is 68.4 Å². The van der Waals surface area contributed by atoms with Crippen LogP contribution in [-0.2, 0) is 0 Å². The van der Waals surface area contributed by atoms with E-state index < -0.39 is 0 Å². The number of likely N-dealkylation sites (N-methyl/N-ethyl adjacent to an activating group) is 1. The van der Waals surface area contributed by atoms with Crippen LogP contribution in [0.25, 0.3) is 0 Å². The third-order valence-corrected chi connectivity index (χ3v) is 4.91. The van der Waals surface area contributed by atoms with Crippen LogP contribution in [0.15, 0.2) is 24.3 Å². The molecule has 21 heavy (non-hydrogen) atoms. The van der Waals surface area contributed by atoms with E-state index in [1.54, 1.807) is 0 Å². The van der Waals surface area contributed by atoms with Gasteiger partial charge in [0.1, 0.15) is 6.29 Å². The molecule has 4 nitrogen and oxygen atoms in total. The topological polar surface area (TPSA) is 26.8 Å². The molecule has 4 heteroatoms. The summed E-state index contributed by atoms with van der Waals surface area (Å²) < 4.78 is 0. The molecule has 0 unspecified atom stereocenters. The number of aldehydes is 1. The second kappa shape index (κ2) is 6.58. The van der Waals surface area contributed by atoms with Gasteiger partial charge < -0.3 is 9.80 Å². The Kier molecular flexibility index (Phi) is 4.56. The Bertz CT molecular complexity index is 457. The molecule has 3 rings (SSSR count). The number of carbonyl (C=O) groups excluding carboxylic acids is 1. The van der Waals surface area contributed by atoms with Gasteiger partial charge in [0.15, 0.2) is 0 Å². The van der Waals surface area contributed by atoms with E-state index in [1.807, 2.05) is 12.1 Å².